The largest absolute Gasteiger partial charge is 0.459 e. The SMILES string of the molecule is C=C(C)C(=O)OCC1CO1.N#CC=CC=Cc1ccccc1. The van der Waals surface area contributed by atoms with Crippen molar-refractivity contribution in [3.05, 3.63) is 66.3 Å². The molecule has 1 saturated heterocycles. The number of nitrogens with zero attached hydrogens (tertiary/aromatic N) is 1. The van der Waals surface area contributed by atoms with Crippen LogP contribution in [0.2, 0.25) is 0 Å². The zero-order valence-corrected chi connectivity index (χ0v) is 12.6. The van der Waals surface area contributed by atoms with Crippen molar-refractivity contribution in [2.24, 2.45) is 0 Å². The van der Waals surface area contributed by atoms with Crippen molar-refractivity contribution in [1.82, 2.24) is 0 Å². The Balaban J connectivity index is 0.000000224. The van der Waals surface area contributed by atoms with Gasteiger partial charge in [-0.25, -0.2) is 4.79 Å². The maximum absolute atomic E-state index is 10.7. The maximum Gasteiger partial charge on any atom is 0.333 e. The van der Waals surface area contributed by atoms with Crippen molar-refractivity contribution in [1.29, 1.82) is 5.26 Å². The van der Waals surface area contributed by atoms with Crippen LogP contribution in [0.1, 0.15) is 12.5 Å². The lowest BCUT2D eigenvalue weighted by Gasteiger charge is -1.99. The molecule has 1 atom stereocenters. The summed E-state index contributed by atoms with van der Waals surface area (Å²) < 4.78 is 9.60. The third-order valence-corrected chi connectivity index (χ3v) is 2.52. The van der Waals surface area contributed by atoms with Gasteiger partial charge in [-0.15, -0.1) is 0 Å². The third-order valence-electron chi connectivity index (χ3n) is 2.52. The number of hydrogen-bond acceptors (Lipinski definition) is 4. The molecule has 1 unspecified atom stereocenters. The smallest absolute Gasteiger partial charge is 0.333 e. The predicted octanol–water partition coefficient (Wildman–Crippen LogP) is 3.28. The van der Waals surface area contributed by atoms with Crippen LogP contribution in [0.5, 0.6) is 0 Å². The molecule has 1 aromatic carbocycles. The fourth-order valence-corrected chi connectivity index (χ4v) is 1.29. The normalized spacial score (nSPS) is 15.7. The summed E-state index contributed by atoms with van der Waals surface area (Å²) in [6, 6.07) is 11.9. The Morgan fingerprint density at radius 2 is 2.14 bits per heavy atom. The average Bonchev–Trinajstić information content (AvgIpc) is 3.35. The summed E-state index contributed by atoms with van der Waals surface area (Å²) in [5, 5.41) is 8.19. The molecule has 1 fully saturated rings. The molecule has 0 radical (unpaired) electrons. The number of nitriles is 1. The quantitative estimate of drug-likeness (QED) is 0.275. The van der Waals surface area contributed by atoms with Crippen LogP contribution < -0.4 is 0 Å². The van der Waals surface area contributed by atoms with E-state index in [0.29, 0.717) is 18.8 Å². The predicted molar refractivity (Wildman–Crippen MR) is 85.7 cm³/mol. The maximum atomic E-state index is 10.7. The molecule has 1 aliphatic rings. The third kappa shape index (κ3) is 8.51. The summed E-state index contributed by atoms with van der Waals surface area (Å²) in [6.45, 7) is 6.14. The summed E-state index contributed by atoms with van der Waals surface area (Å²) in [4.78, 5) is 10.7. The molecule has 2 rings (SSSR count). The first kappa shape index (κ1) is 17.4. The molecule has 1 aromatic rings. The first-order valence-electron chi connectivity index (χ1n) is 6.85. The van der Waals surface area contributed by atoms with E-state index in [1.165, 1.54) is 6.08 Å². The molecule has 114 valence electrons. The molecular formula is C18H19NO3. The minimum absolute atomic E-state index is 0.142. The number of esters is 1. The molecule has 0 aromatic heterocycles. The van der Waals surface area contributed by atoms with Crippen molar-refractivity contribution >= 4 is 12.0 Å². The molecule has 4 nitrogen and oxygen atoms in total. The minimum atomic E-state index is -0.337. The van der Waals surface area contributed by atoms with Gasteiger partial charge >= 0.3 is 5.97 Å². The van der Waals surface area contributed by atoms with E-state index in [9.17, 15) is 4.79 Å². The van der Waals surface area contributed by atoms with E-state index in [1.54, 1.807) is 13.0 Å². The van der Waals surface area contributed by atoms with Crippen molar-refractivity contribution < 1.29 is 14.3 Å². The Hall–Kier alpha value is -2.64. The van der Waals surface area contributed by atoms with Crippen LogP contribution in [0.4, 0.5) is 0 Å². The zero-order chi connectivity index (χ0) is 16.2. The summed E-state index contributed by atoms with van der Waals surface area (Å²) in [7, 11) is 0. The molecule has 1 heterocycles. The summed E-state index contributed by atoms with van der Waals surface area (Å²) in [5.41, 5.74) is 1.57. The molecule has 0 bridgehead atoms. The van der Waals surface area contributed by atoms with Crippen molar-refractivity contribution in [3.8, 4) is 6.07 Å². The fourth-order valence-electron chi connectivity index (χ4n) is 1.29. The number of carbonyl (C=O) groups excluding carboxylic acids is 1. The van der Waals surface area contributed by atoms with E-state index in [2.05, 4.69) is 6.58 Å². The number of benzene rings is 1. The van der Waals surface area contributed by atoms with Crippen molar-refractivity contribution in [2.75, 3.05) is 13.2 Å². The molecule has 0 amide bonds. The molecule has 0 N–H and O–H groups in total. The highest BCUT2D eigenvalue weighted by Crippen LogP contribution is 2.09. The fraction of sp³-hybridized carbons (Fsp3) is 0.222. The lowest BCUT2D eigenvalue weighted by Crippen LogP contribution is -2.09. The van der Waals surface area contributed by atoms with Crippen molar-refractivity contribution in [3.63, 3.8) is 0 Å². The Bertz CT molecular complexity index is 578. The second-order valence-corrected chi connectivity index (χ2v) is 4.59. The average molecular weight is 297 g/mol. The van der Waals surface area contributed by atoms with Gasteiger partial charge in [0.2, 0.25) is 0 Å². The van der Waals surface area contributed by atoms with Gasteiger partial charge in [0.05, 0.1) is 12.7 Å². The molecule has 0 aliphatic carbocycles. The molecule has 0 spiro atoms. The van der Waals surface area contributed by atoms with Gasteiger partial charge < -0.3 is 9.47 Å². The van der Waals surface area contributed by atoms with E-state index >= 15 is 0 Å². The molecular weight excluding hydrogens is 278 g/mol. The summed E-state index contributed by atoms with van der Waals surface area (Å²) in [5.74, 6) is -0.337. The van der Waals surface area contributed by atoms with Crippen LogP contribution in [0.15, 0.2) is 60.7 Å². The van der Waals surface area contributed by atoms with Crippen LogP contribution in [0.25, 0.3) is 6.08 Å². The van der Waals surface area contributed by atoms with E-state index in [1.807, 2.05) is 48.6 Å². The Morgan fingerprint density at radius 3 is 2.68 bits per heavy atom. The van der Waals surface area contributed by atoms with Crippen molar-refractivity contribution in [2.45, 2.75) is 13.0 Å². The number of ether oxygens (including phenoxy) is 2. The van der Waals surface area contributed by atoms with Crippen LogP contribution >= 0.6 is 0 Å². The van der Waals surface area contributed by atoms with Gasteiger partial charge in [-0.1, -0.05) is 55.1 Å². The standard InChI is InChI=1S/C11H9N.C7H10O3/c12-10-6-2-5-9-11-7-3-1-4-8-11;1-5(2)7(8)10-4-6-3-9-6/h1-9H;6H,1,3-4H2,2H3. The highest BCUT2D eigenvalue weighted by Gasteiger charge is 2.24. The van der Waals surface area contributed by atoms with Gasteiger partial charge in [0, 0.05) is 11.6 Å². The van der Waals surface area contributed by atoms with Gasteiger partial charge in [-0.05, 0) is 12.5 Å². The number of rotatable bonds is 5. The Kier molecular flexibility index (Phi) is 8.02. The lowest BCUT2D eigenvalue weighted by molar-refractivity contribution is -0.139. The first-order valence-corrected chi connectivity index (χ1v) is 6.85. The van der Waals surface area contributed by atoms with E-state index < -0.39 is 0 Å². The first-order chi connectivity index (χ1) is 10.6. The molecule has 0 saturated carbocycles. The van der Waals surface area contributed by atoms with Gasteiger partial charge in [0.1, 0.15) is 12.7 Å². The molecule has 4 heteroatoms. The lowest BCUT2D eigenvalue weighted by atomic mass is 10.2. The van der Waals surface area contributed by atoms with Gasteiger partial charge in [0.25, 0.3) is 0 Å². The summed E-state index contributed by atoms with van der Waals surface area (Å²) in [6.07, 6.45) is 7.10. The van der Waals surface area contributed by atoms with E-state index in [0.717, 1.165) is 5.56 Å². The number of allylic oxidation sites excluding steroid dienone is 3. The van der Waals surface area contributed by atoms with Crippen LogP contribution in [0.3, 0.4) is 0 Å². The van der Waals surface area contributed by atoms with Crippen LogP contribution in [-0.4, -0.2) is 25.3 Å². The number of epoxide rings is 1. The second-order valence-electron chi connectivity index (χ2n) is 4.59. The zero-order valence-electron chi connectivity index (χ0n) is 12.6. The molecule has 1 aliphatic heterocycles. The monoisotopic (exact) mass is 297 g/mol. The topological polar surface area (TPSA) is 62.6 Å². The number of hydrogen-bond donors (Lipinski definition) is 0. The van der Waals surface area contributed by atoms with E-state index in [-0.39, 0.29) is 12.1 Å². The minimum Gasteiger partial charge on any atom is -0.459 e. The van der Waals surface area contributed by atoms with Crippen LogP contribution in [0, 0.1) is 11.3 Å². The highest BCUT2D eigenvalue weighted by molar-refractivity contribution is 5.86. The van der Waals surface area contributed by atoms with Crippen LogP contribution in [-0.2, 0) is 14.3 Å². The molecule has 22 heavy (non-hydrogen) atoms. The summed E-state index contributed by atoms with van der Waals surface area (Å²) >= 11 is 0. The second kappa shape index (κ2) is 10.1. The van der Waals surface area contributed by atoms with E-state index in [4.69, 9.17) is 14.7 Å². The van der Waals surface area contributed by atoms with Gasteiger partial charge in [0.15, 0.2) is 0 Å². The van der Waals surface area contributed by atoms with Gasteiger partial charge in [-0.3, -0.25) is 0 Å². The number of carbonyl (C=O) groups is 1. The Labute approximate surface area is 131 Å². The van der Waals surface area contributed by atoms with Gasteiger partial charge in [-0.2, -0.15) is 5.26 Å². The highest BCUT2D eigenvalue weighted by atomic mass is 16.6. The Morgan fingerprint density at radius 1 is 1.45 bits per heavy atom.